The van der Waals surface area contributed by atoms with E-state index in [0.29, 0.717) is 22.9 Å². The molecule has 0 fully saturated rings. The summed E-state index contributed by atoms with van der Waals surface area (Å²) in [5.41, 5.74) is 1.50. The summed E-state index contributed by atoms with van der Waals surface area (Å²) in [6, 6.07) is 16.4. The van der Waals surface area contributed by atoms with E-state index in [-0.39, 0.29) is 23.8 Å². The Kier molecular flexibility index (Phi) is 5.29. The zero-order chi connectivity index (χ0) is 19.4. The summed E-state index contributed by atoms with van der Waals surface area (Å²) >= 11 is 0. The fraction of sp³-hybridized carbons (Fsp3) is 0.200. The topological polar surface area (TPSA) is 91.0 Å². The van der Waals surface area contributed by atoms with Crippen LogP contribution < -0.4 is 10.9 Å². The molecule has 0 saturated heterocycles. The fourth-order valence-electron chi connectivity index (χ4n) is 2.95. The molecule has 0 atom stereocenters. The predicted octanol–water partition coefficient (Wildman–Crippen LogP) is 1.72. The number of fused-ring (bicyclic) bond motifs is 1. The molecule has 136 valence electrons. The van der Waals surface area contributed by atoms with Gasteiger partial charge in [0.2, 0.25) is 0 Å². The van der Waals surface area contributed by atoms with Crippen molar-refractivity contribution in [1.82, 2.24) is 20.0 Å². The van der Waals surface area contributed by atoms with Gasteiger partial charge in [0, 0.05) is 19.0 Å². The summed E-state index contributed by atoms with van der Waals surface area (Å²) in [5, 5.41) is 16.8. The lowest BCUT2D eigenvalue weighted by Gasteiger charge is -2.18. The van der Waals surface area contributed by atoms with Crippen molar-refractivity contribution in [2.45, 2.75) is 13.2 Å². The van der Waals surface area contributed by atoms with Gasteiger partial charge in [-0.1, -0.05) is 30.3 Å². The zero-order valence-electron chi connectivity index (χ0n) is 15.1. The smallest absolute Gasteiger partial charge is 0.275 e. The molecule has 27 heavy (non-hydrogen) atoms. The SMILES string of the molecule is CNC(=O)c1nn(CN(C)Cc2cccc(C#N)c2)c(=O)c2ccccc12. The van der Waals surface area contributed by atoms with Gasteiger partial charge in [-0.15, -0.1) is 0 Å². The van der Waals surface area contributed by atoms with E-state index in [1.165, 1.54) is 11.7 Å². The van der Waals surface area contributed by atoms with Crippen molar-refractivity contribution in [3.8, 4) is 6.07 Å². The maximum Gasteiger partial charge on any atom is 0.275 e. The molecule has 0 aliphatic carbocycles. The molecule has 7 heteroatoms. The fourth-order valence-corrected chi connectivity index (χ4v) is 2.95. The summed E-state index contributed by atoms with van der Waals surface area (Å²) in [5.74, 6) is -0.343. The number of benzene rings is 2. The highest BCUT2D eigenvalue weighted by Crippen LogP contribution is 2.13. The number of nitriles is 1. The van der Waals surface area contributed by atoms with Crippen LogP contribution in [0.25, 0.3) is 10.8 Å². The first kappa shape index (κ1) is 18.3. The normalized spacial score (nSPS) is 10.7. The Morgan fingerprint density at radius 3 is 2.67 bits per heavy atom. The number of nitrogens with one attached hydrogen (secondary N) is 1. The first-order valence-corrected chi connectivity index (χ1v) is 8.43. The zero-order valence-corrected chi connectivity index (χ0v) is 15.1. The van der Waals surface area contributed by atoms with Crippen LogP contribution in [0.3, 0.4) is 0 Å². The van der Waals surface area contributed by atoms with Gasteiger partial charge in [-0.3, -0.25) is 14.5 Å². The summed E-state index contributed by atoms with van der Waals surface area (Å²) < 4.78 is 1.29. The molecule has 1 heterocycles. The van der Waals surface area contributed by atoms with Gasteiger partial charge in [-0.05, 0) is 30.8 Å². The molecule has 1 aromatic heterocycles. The van der Waals surface area contributed by atoms with Gasteiger partial charge in [0.1, 0.15) is 0 Å². The third kappa shape index (κ3) is 3.86. The maximum atomic E-state index is 12.8. The molecule has 0 spiro atoms. The lowest BCUT2D eigenvalue weighted by Crippen LogP contribution is -2.34. The van der Waals surface area contributed by atoms with E-state index in [1.807, 2.05) is 30.1 Å². The molecule has 3 rings (SSSR count). The summed E-state index contributed by atoms with van der Waals surface area (Å²) in [7, 11) is 3.38. The van der Waals surface area contributed by atoms with Gasteiger partial charge < -0.3 is 5.32 Å². The van der Waals surface area contributed by atoms with Crippen LogP contribution >= 0.6 is 0 Å². The van der Waals surface area contributed by atoms with Crippen LogP contribution in [0.5, 0.6) is 0 Å². The van der Waals surface area contributed by atoms with Gasteiger partial charge in [-0.25, -0.2) is 4.68 Å². The van der Waals surface area contributed by atoms with Crippen molar-refractivity contribution in [3.05, 3.63) is 75.7 Å². The lowest BCUT2D eigenvalue weighted by atomic mass is 10.1. The number of carbonyl (C=O) groups is 1. The largest absolute Gasteiger partial charge is 0.354 e. The number of hydrogen-bond acceptors (Lipinski definition) is 5. The minimum absolute atomic E-state index is 0.213. The number of aromatic nitrogens is 2. The Hall–Kier alpha value is -3.50. The molecule has 0 radical (unpaired) electrons. The Bertz CT molecular complexity index is 1100. The molecule has 3 aromatic rings. The minimum Gasteiger partial charge on any atom is -0.354 e. The van der Waals surface area contributed by atoms with Crippen molar-refractivity contribution >= 4 is 16.7 Å². The molecule has 1 N–H and O–H groups in total. The van der Waals surface area contributed by atoms with Crippen LogP contribution in [0.2, 0.25) is 0 Å². The maximum absolute atomic E-state index is 12.8. The van der Waals surface area contributed by atoms with Gasteiger partial charge in [-0.2, -0.15) is 10.4 Å². The number of nitrogens with zero attached hydrogens (tertiary/aromatic N) is 4. The molecule has 2 aromatic carbocycles. The van der Waals surface area contributed by atoms with Crippen molar-refractivity contribution in [2.24, 2.45) is 0 Å². The average Bonchev–Trinajstić information content (AvgIpc) is 2.69. The molecule has 0 aliphatic rings. The average molecular weight is 361 g/mol. The van der Waals surface area contributed by atoms with Gasteiger partial charge in [0.15, 0.2) is 5.69 Å². The van der Waals surface area contributed by atoms with Crippen LogP contribution in [0.15, 0.2) is 53.3 Å². The van der Waals surface area contributed by atoms with Crippen molar-refractivity contribution in [2.75, 3.05) is 14.1 Å². The Morgan fingerprint density at radius 1 is 1.22 bits per heavy atom. The van der Waals surface area contributed by atoms with Crippen LogP contribution in [0.1, 0.15) is 21.6 Å². The number of carbonyl (C=O) groups excluding carboxylic acids is 1. The van der Waals surface area contributed by atoms with Crippen LogP contribution in [-0.2, 0) is 13.2 Å². The molecule has 7 nitrogen and oxygen atoms in total. The highest BCUT2D eigenvalue weighted by molar-refractivity contribution is 6.04. The highest BCUT2D eigenvalue weighted by atomic mass is 16.2. The molecule has 0 bridgehead atoms. The Morgan fingerprint density at radius 2 is 1.96 bits per heavy atom. The molecule has 0 unspecified atom stereocenters. The molecule has 0 aliphatic heterocycles. The van der Waals surface area contributed by atoms with E-state index in [1.54, 1.807) is 30.3 Å². The monoisotopic (exact) mass is 361 g/mol. The molecular weight excluding hydrogens is 342 g/mol. The van der Waals surface area contributed by atoms with Crippen molar-refractivity contribution in [1.29, 1.82) is 5.26 Å². The quantitative estimate of drug-likeness (QED) is 0.747. The summed E-state index contributed by atoms with van der Waals surface area (Å²) in [6.45, 7) is 0.746. The number of rotatable bonds is 5. The summed E-state index contributed by atoms with van der Waals surface area (Å²) in [6.07, 6.45) is 0. The molecule has 1 amide bonds. The van der Waals surface area contributed by atoms with E-state index in [0.717, 1.165) is 5.56 Å². The first-order chi connectivity index (χ1) is 13.0. The Labute approximate surface area is 156 Å². The van der Waals surface area contributed by atoms with Crippen LogP contribution in [0.4, 0.5) is 0 Å². The predicted molar refractivity (Wildman–Crippen MR) is 102 cm³/mol. The van der Waals surface area contributed by atoms with Gasteiger partial charge >= 0.3 is 0 Å². The van der Waals surface area contributed by atoms with Crippen LogP contribution in [-0.4, -0.2) is 34.7 Å². The second kappa shape index (κ2) is 7.81. The van der Waals surface area contributed by atoms with E-state index >= 15 is 0 Å². The first-order valence-electron chi connectivity index (χ1n) is 8.43. The van der Waals surface area contributed by atoms with E-state index in [9.17, 15) is 9.59 Å². The van der Waals surface area contributed by atoms with Crippen LogP contribution in [0, 0.1) is 11.3 Å². The standard InChI is InChI=1S/C20H19N5O2/c1-22-19(26)18-16-8-3-4-9-17(16)20(27)25(23-18)13-24(2)12-15-7-5-6-14(10-15)11-21/h3-10H,12-13H2,1-2H3,(H,22,26). The Balaban J connectivity index is 1.94. The lowest BCUT2D eigenvalue weighted by molar-refractivity contribution is 0.0956. The van der Waals surface area contributed by atoms with Gasteiger partial charge in [0.05, 0.1) is 23.7 Å². The molecule has 0 saturated carbocycles. The van der Waals surface area contributed by atoms with E-state index in [4.69, 9.17) is 5.26 Å². The number of hydrogen-bond donors (Lipinski definition) is 1. The van der Waals surface area contributed by atoms with Crippen molar-refractivity contribution in [3.63, 3.8) is 0 Å². The van der Waals surface area contributed by atoms with E-state index in [2.05, 4.69) is 16.5 Å². The highest BCUT2D eigenvalue weighted by Gasteiger charge is 2.16. The second-order valence-electron chi connectivity index (χ2n) is 6.25. The molecular formula is C20H19N5O2. The minimum atomic E-state index is -0.343. The third-order valence-electron chi connectivity index (χ3n) is 4.19. The van der Waals surface area contributed by atoms with E-state index < -0.39 is 0 Å². The second-order valence-corrected chi connectivity index (χ2v) is 6.25. The summed E-state index contributed by atoms with van der Waals surface area (Å²) in [4.78, 5) is 26.9. The van der Waals surface area contributed by atoms with Crippen molar-refractivity contribution < 1.29 is 4.79 Å². The number of amides is 1. The third-order valence-corrected chi connectivity index (χ3v) is 4.19. The van der Waals surface area contributed by atoms with Gasteiger partial charge in [0.25, 0.3) is 11.5 Å².